The molecule has 1 saturated heterocycles. The molecule has 28 heavy (non-hydrogen) atoms. The number of carbonyl (C=O) groups excluding carboxylic acids is 1. The van der Waals surface area contributed by atoms with Crippen molar-refractivity contribution in [3.63, 3.8) is 0 Å². The van der Waals surface area contributed by atoms with Crippen LogP contribution in [-0.4, -0.2) is 53.5 Å². The van der Waals surface area contributed by atoms with Gasteiger partial charge in [-0.2, -0.15) is 0 Å². The van der Waals surface area contributed by atoms with Crippen molar-refractivity contribution in [2.45, 2.75) is 32.5 Å². The molecule has 1 amide bonds. The van der Waals surface area contributed by atoms with Crippen LogP contribution in [0.2, 0.25) is 0 Å². The summed E-state index contributed by atoms with van der Waals surface area (Å²) in [5, 5.41) is 11.8. The summed E-state index contributed by atoms with van der Waals surface area (Å²) in [5.74, 6) is 2.58. The molecule has 1 fully saturated rings. The normalized spacial score (nSPS) is 18.1. The molecule has 2 heterocycles. The van der Waals surface area contributed by atoms with Crippen molar-refractivity contribution in [2.24, 2.45) is 0 Å². The molecule has 148 valence electrons. The highest BCUT2D eigenvalue weighted by atomic mass is 32.2. The summed E-state index contributed by atoms with van der Waals surface area (Å²) < 4.78 is 23.5. The SMILES string of the molecule is C#CCN(Cc1nnc(C(=O)NCc2ccc(C)cc2)s1)C1CCS(=O)(=O)C1. The number of aromatic nitrogens is 2. The van der Waals surface area contributed by atoms with E-state index in [0.717, 1.165) is 11.1 Å². The summed E-state index contributed by atoms with van der Waals surface area (Å²) in [5.41, 5.74) is 2.17. The maximum atomic E-state index is 12.3. The Bertz CT molecular complexity index is 977. The third kappa shape index (κ3) is 5.38. The lowest BCUT2D eigenvalue weighted by Gasteiger charge is -2.24. The zero-order chi connectivity index (χ0) is 20.1. The maximum absolute atomic E-state index is 12.3. The summed E-state index contributed by atoms with van der Waals surface area (Å²) in [6.07, 6.45) is 6.00. The topological polar surface area (TPSA) is 92.3 Å². The third-order valence-corrected chi connectivity index (χ3v) is 7.25. The molecule has 1 aromatic carbocycles. The summed E-state index contributed by atoms with van der Waals surface area (Å²) in [6.45, 7) is 3.13. The van der Waals surface area contributed by atoms with Gasteiger partial charge in [-0.3, -0.25) is 9.69 Å². The number of nitrogens with zero attached hydrogens (tertiary/aromatic N) is 3. The van der Waals surface area contributed by atoms with Gasteiger partial charge in [-0.25, -0.2) is 8.42 Å². The standard InChI is InChI=1S/C19H22N4O3S2/c1-3-9-23(16-8-10-28(25,26)13-16)12-17-21-22-19(27-17)18(24)20-11-15-6-4-14(2)5-7-15/h1,4-7,16H,8-13H2,2H3,(H,20,24). The zero-order valence-corrected chi connectivity index (χ0v) is 17.2. The Kier molecular flexibility index (Phi) is 6.44. The van der Waals surface area contributed by atoms with Gasteiger partial charge < -0.3 is 5.32 Å². The van der Waals surface area contributed by atoms with Crippen LogP contribution in [-0.2, 0) is 22.9 Å². The Morgan fingerprint density at radius 1 is 1.36 bits per heavy atom. The van der Waals surface area contributed by atoms with Crippen molar-refractivity contribution in [1.29, 1.82) is 0 Å². The Morgan fingerprint density at radius 2 is 2.11 bits per heavy atom. The molecule has 0 bridgehead atoms. The first-order valence-corrected chi connectivity index (χ1v) is 11.5. The number of amides is 1. The Morgan fingerprint density at radius 3 is 2.75 bits per heavy atom. The first kappa shape index (κ1) is 20.5. The van der Waals surface area contributed by atoms with E-state index in [1.54, 1.807) is 0 Å². The van der Waals surface area contributed by atoms with Gasteiger partial charge in [0.15, 0.2) is 9.84 Å². The molecule has 1 atom stereocenters. The van der Waals surface area contributed by atoms with Gasteiger partial charge in [-0.05, 0) is 18.9 Å². The third-order valence-electron chi connectivity index (χ3n) is 4.59. The smallest absolute Gasteiger partial charge is 0.282 e. The van der Waals surface area contributed by atoms with Crippen LogP contribution in [0.1, 0.15) is 32.4 Å². The number of aryl methyl sites for hydroxylation is 1. The number of benzene rings is 1. The highest BCUT2D eigenvalue weighted by Crippen LogP contribution is 2.21. The van der Waals surface area contributed by atoms with E-state index in [1.165, 1.54) is 11.3 Å². The molecule has 1 N–H and O–H groups in total. The fourth-order valence-electron chi connectivity index (χ4n) is 3.04. The average Bonchev–Trinajstić information content (AvgIpc) is 3.27. The molecule has 2 aromatic rings. The molecule has 0 spiro atoms. The van der Waals surface area contributed by atoms with Gasteiger partial charge in [0, 0.05) is 12.6 Å². The van der Waals surface area contributed by atoms with E-state index in [2.05, 4.69) is 21.4 Å². The van der Waals surface area contributed by atoms with Gasteiger partial charge in [-0.1, -0.05) is 47.1 Å². The van der Waals surface area contributed by atoms with E-state index in [1.807, 2.05) is 36.1 Å². The van der Waals surface area contributed by atoms with Crippen LogP contribution in [0.4, 0.5) is 0 Å². The lowest BCUT2D eigenvalue weighted by molar-refractivity contribution is 0.0950. The summed E-state index contributed by atoms with van der Waals surface area (Å²) >= 11 is 1.20. The van der Waals surface area contributed by atoms with E-state index >= 15 is 0 Å². The second kappa shape index (κ2) is 8.82. The van der Waals surface area contributed by atoms with Crippen LogP contribution >= 0.6 is 11.3 Å². The van der Waals surface area contributed by atoms with Gasteiger partial charge in [0.05, 0.1) is 24.6 Å². The first-order valence-electron chi connectivity index (χ1n) is 8.90. The van der Waals surface area contributed by atoms with Crippen molar-refractivity contribution in [2.75, 3.05) is 18.1 Å². The maximum Gasteiger partial charge on any atom is 0.282 e. The quantitative estimate of drug-likeness (QED) is 0.684. The minimum Gasteiger partial charge on any atom is -0.346 e. The second-order valence-corrected chi connectivity index (χ2v) is 10.1. The average molecular weight is 419 g/mol. The van der Waals surface area contributed by atoms with E-state index in [9.17, 15) is 13.2 Å². The predicted octanol–water partition coefficient (Wildman–Crippen LogP) is 1.40. The number of nitrogens with one attached hydrogen (secondary N) is 1. The van der Waals surface area contributed by atoms with Crippen molar-refractivity contribution >= 4 is 27.1 Å². The van der Waals surface area contributed by atoms with E-state index in [4.69, 9.17) is 6.42 Å². The number of rotatable bonds is 7. The lowest BCUT2D eigenvalue weighted by Crippen LogP contribution is -2.36. The number of carbonyl (C=O) groups is 1. The van der Waals surface area contributed by atoms with Crippen molar-refractivity contribution < 1.29 is 13.2 Å². The molecule has 9 heteroatoms. The molecule has 0 radical (unpaired) electrons. The van der Waals surface area contributed by atoms with Gasteiger partial charge >= 0.3 is 0 Å². The molecule has 1 aromatic heterocycles. The van der Waals surface area contributed by atoms with E-state index in [0.29, 0.717) is 31.1 Å². The molecule has 1 aliphatic heterocycles. The fraction of sp³-hybridized carbons (Fsp3) is 0.421. The van der Waals surface area contributed by atoms with Crippen LogP contribution < -0.4 is 5.32 Å². The number of hydrogen-bond acceptors (Lipinski definition) is 7. The van der Waals surface area contributed by atoms with Crippen molar-refractivity contribution in [3.05, 3.63) is 45.4 Å². The van der Waals surface area contributed by atoms with Crippen LogP contribution in [0.5, 0.6) is 0 Å². The number of terminal acetylenes is 1. The molecule has 3 rings (SSSR count). The van der Waals surface area contributed by atoms with E-state index in [-0.39, 0.29) is 28.5 Å². The highest BCUT2D eigenvalue weighted by molar-refractivity contribution is 7.91. The molecular weight excluding hydrogens is 396 g/mol. The highest BCUT2D eigenvalue weighted by Gasteiger charge is 2.32. The van der Waals surface area contributed by atoms with Crippen LogP contribution in [0.3, 0.4) is 0 Å². The minimum absolute atomic E-state index is 0.109. The molecule has 1 unspecified atom stereocenters. The summed E-state index contributed by atoms with van der Waals surface area (Å²) in [4.78, 5) is 14.2. The second-order valence-electron chi connectivity index (χ2n) is 6.84. The zero-order valence-electron chi connectivity index (χ0n) is 15.6. The summed E-state index contributed by atoms with van der Waals surface area (Å²) in [6, 6.07) is 7.80. The molecule has 0 saturated carbocycles. The predicted molar refractivity (Wildman–Crippen MR) is 109 cm³/mol. The lowest BCUT2D eigenvalue weighted by atomic mass is 10.1. The number of hydrogen-bond donors (Lipinski definition) is 1. The molecular formula is C19H22N4O3S2. The molecule has 1 aliphatic rings. The van der Waals surface area contributed by atoms with E-state index < -0.39 is 9.84 Å². The molecule has 0 aliphatic carbocycles. The molecule has 7 nitrogen and oxygen atoms in total. The first-order chi connectivity index (χ1) is 13.4. The minimum atomic E-state index is -3.00. The number of sulfone groups is 1. The summed E-state index contributed by atoms with van der Waals surface area (Å²) in [7, 11) is -3.00. The van der Waals surface area contributed by atoms with Crippen LogP contribution in [0.25, 0.3) is 0 Å². The fourth-order valence-corrected chi connectivity index (χ4v) is 5.58. The van der Waals surface area contributed by atoms with Gasteiger partial charge in [0.25, 0.3) is 5.91 Å². The van der Waals surface area contributed by atoms with Crippen LogP contribution in [0, 0.1) is 19.3 Å². The van der Waals surface area contributed by atoms with Crippen LogP contribution in [0.15, 0.2) is 24.3 Å². The largest absolute Gasteiger partial charge is 0.346 e. The van der Waals surface area contributed by atoms with Gasteiger partial charge in [-0.15, -0.1) is 16.6 Å². The Hall–Kier alpha value is -2.28. The Labute approximate surface area is 169 Å². The van der Waals surface area contributed by atoms with Crippen molar-refractivity contribution in [1.82, 2.24) is 20.4 Å². The Balaban J connectivity index is 1.59. The van der Waals surface area contributed by atoms with Crippen molar-refractivity contribution in [3.8, 4) is 12.3 Å². The van der Waals surface area contributed by atoms with Gasteiger partial charge in [0.2, 0.25) is 5.01 Å². The van der Waals surface area contributed by atoms with Gasteiger partial charge in [0.1, 0.15) is 5.01 Å². The monoisotopic (exact) mass is 418 g/mol.